The van der Waals surface area contributed by atoms with Crippen LogP contribution in [0.3, 0.4) is 0 Å². The van der Waals surface area contributed by atoms with E-state index in [9.17, 15) is 4.79 Å². The molecule has 0 radical (unpaired) electrons. The van der Waals surface area contributed by atoms with Crippen molar-refractivity contribution in [3.8, 4) is 0 Å². The summed E-state index contributed by atoms with van der Waals surface area (Å²) in [6, 6.07) is 16.6. The first-order valence-electron chi connectivity index (χ1n) is 9.38. The molecule has 5 heteroatoms. The second kappa shape index (κ2) is 7.76. The van der Waals surface area contributed by atoms with E-state index in [1.54, 1.807) is 6.08 Å². The number of hydrogen-bond acceptors (Lipinski definition) is 3. The van der Waals surface area contributed by atoms with E-state index in [2.05, 4.69) is 28.1 Å². The maximum atomic E-state index is 10.6. The number of rotatable bonds is 5. The molecule has 3 aromatic rings. The number of hydrogen-bond donors (Lipinski definition) is 2. The maximum Gasteiger partial charge on any atom is 0.328 e. The lowest BCUT2D eigenvalue weighted by molar-refractivity contribution is -0.131. The van der Waals surface area contributed by atoms with Crippen LogP contribution in [0, 0.1) is 0 Å². The molecule has 1 saturated heterocycles. The molecule has 2 N–H and O–H groups in total. The van der Waals surface area contributed by atoms with Gasteiger partial charge in [-0.3, -0.25) is 4.90 Å². The van der Waals surface area contributed by atoms with Gasteiger partial charge in [0.1, 0.15) is 5.82 Å². The Morgan fingerprint density at radius 1 is 1.19 bits per heavy atom. The van der Waals surface area contributed by atoms with Crippen LogP contribution in [0.5, 0.6) is 0 Å². The molecule has 2 heterocycles. The topological polar surface area (TPSA) is 69.2 Å². The maximum absolute atomic E-state index is 10.6. The summed E-state index contributed by atoms with van der Waals surface area (Å²) < 4.78 is 0. The zero-order valence-electron chi connectivity index (χ0n) is 15.1. The molecule has 1 fully saturated rings. The summed E-state index contributed by atoms with van der Waals surface area (Å²) in [6.45, 7) is 1.92. The van der Waals surface area contributed by atoms with Crippen molar-refractivity contribution in [2.45, 2.75) is 31.8 Å². The number of fused-ring (bicyclic) bond motifs is 1. The van der Waals surface area contributed by atoms with E-state index >= 15 is 0 Å². The molecular formula is C22H23N3O2. The molecule has 0 unspecified atom stereocenters. The normalized spacial score (nSPS) is 18.3. The van der Waals surface area contributed by atoms with Gasteiger partial charge in [-0.15, -0.1) is 0 Å². The number of carbonyl (C=O) groups is 1. The van der Waals surface area contributed by atoms with Crippen LogP contribution < -0.4 is 0 Å². The lowest BCUT2D eigenvalue weighted by atomic mass is 10.0. The average molecular weight is 361 g/mol. The summed E-state index contributed by atoms with van der Waals surface area (Å²) in [5.41, 5.74) is 4.24. The fraction of sp³-hybridized carbons (Fsp3) is 0.273. The number of aromatic nitrogens is 2. The highest BCUT2D eigenvalue weighted by Crippen LogP contribution is 2.31. The van der Waals surface area contributed by atoms with Gasteiger partial charge in [-0.25, -0.2) is 9.78 Å². The summed E-state index contributed by atoms with van der Waals surface area (Å²) in [7, 11) is 0. The number of imidazole rings is 1. The molecule has 1 aliphatic rings. The van der Waals surface area contributed by atoms with Crippen LogP contribution in [0.1, 0.15) is 42.3 Å². The van der Waals surface area contributed by atoms with Gasteiger partial charge in [-0.05, 0) is 48.7 Å². The summed E-state index contributed by atoms with van der Waals surface area (Å²) >= 11 is 0. The average Bonchev–Trinajstić information content (AvgIpc) is 3.12. The minimum absolute atomic E-state index is 0.303. The Kier molecular flexibility index (Phi) is 5.03. The van der Waals surface area contributed by atoms with Crippen LogP contribution >= 0.6 is 0 Å². The SMILES string of the molecule is O=C(O)/C=C/c1ccc(CN2CCCC[C@@H]2c2nc3ccccc3[nH]2)cc1. The number of aromatic amines is 1. The standard InChI is InChI=1S/C22H23N3O2/c26-21(27)13-12-16-8-10-17(11-9-16)15-25-14-4-3-7-20(25)22-23-18-5-1-2-6-19(18)24-22/h1-2,5-6,8-13,20H,3-4,7,14-15H2,(H,23,24)(H,26,27)/b13-12+/t20-/m1/s1. The van der Waals surface area contributed by atoms with Gasteiger partial charge in [0, 0.05) is 12.6 Å². The highest BCUT2D eigenvalue weighted by atomic mass is 16.4. The Morgan fingerprint density at radius 2 is 2.00 bits per heavy atom. The molecule has 1 aliphatic heterocycles. The number of nitrogens with one attached hydrogen (secondary N) is 1. The highest BCUT2D eigenvalue weighted by Gasteiger charge is 2.26. The smallest absolute Gasteiger partial charge is 0.328 e. The number of nitrogens with zero attached hydrogens (tertiary/aromatic N) is 2. The molecule has 138 valence electrons. The summed E-state index contributed by atoms with van der Waals surface area (Å²) in [4.78, 5) is 21.4. The fourth-order valence-electron chi connectivity index (χ4n) is 3.76. The second-order valence-electron chi connectivity index (χ2n) is 7.03. The molecule has 4 rings (SSSR count). The third kappa shape index (κ3) is 4.09. The number of aliphatic carboxylic acids is 1. The monoisotopic (exact) mass is 361 g/mol. The van der Waals surface area contributed by atoms with Crippen LogP contribution in [0.2, 0.25) is 0 Å². The van der Waals surface area contributed by atoms with E-state index < -0.39 is 5.97 Å². The van der Waals surface area contributed by atoms with E-state index in [1.807, 2.05) is 30.3 Å². The van der Waals surface area contributed by atoms with Crippen molar-refractivity contribution in [2.75, 3.05) is 6.54 Å². The van der Waals surface area contributed by atoms with Gasteiger partial charge in [0.05, 0.1) is 17.1 Å². The zero-order valence-corrected chi connectivity index (χ0v) is 15.1. The lowest BCUT2D eigenvalue weighted by Crippen LogP contribution is -2.33. The molecule has 1 atom stereocenters. The minimum atomic E-state index is -0.930. The third-order valence-corrected chi connectivity index (χ3v) is 5.12. The number of likely N-dealkylation sites (tertiary alicyclic amines) is 1. The van der Waals surface area contributed by atoms with Crippen molar-refractivity contribution in [3.05, 3.63) is 71.6 Å². The molecule has 1 aromatic heterocycles. The molecule has 0 bridgehead atoms. The molecular weight excluding hydrogens is 338 g/mol. The van der Waals surface area contributed by atoms with E-state index in [1.165, 1.54) is 18.4 Å². The number of piperidine rings is 1. The number of carboxylic acids is 1. The first kappa shape index (κ1) is 17.5. The van der Waals surface area contributed by atoms with Gasteiger partial charge < -0.3 is 10.1 Å². The van der Waals surface area contributed by atoms with Gasteiger partial charge in [0.2, 0.25) is 0 Å². The number of H-pyrrole nitrogens is 1. The number of para-hydroxylation sites is 2. The summed E-state index contributed by atoms with van der Waals surface area (Å²) in [6.07, 6.45) is 6.31. The van der Waals surface area contributed by atoms with Crippen molar-refractivity contribution in [2.24, 2.45) is 0 Å². The van der Waals surface area contributed by atoms with Crippen molar-refractivity contribution in [3.63, 3.8) is 0 Å². The third-order valence-electron chi connectivity index (χ3n) is 5.12. The van der Waals surface area contributed by atoms with Crippen LogP contribution in [-0.2, 0) is 11.3 Å². The lowest BCUT2D eigenvalue weighted by Gasteiger charge is -2.34. The summed E-state index contributed by atoms with van der Waals surface area (Å²) in [5, 5.41) is 8.73. The number of carboxylic acid groups (broad SMARTS) is 1. The van der Waals surface area contributed by atoms with Crippen molar-refractivity contribution in [1.82, 2.24) is 14.9 Å². The van der Waals surface area contributed by atoms with Gasteiger partial charge >= 0.3 is 5.97 Å². The fourth-order valence-corrected chi connectivity index (χ4v) is 3.76. The van der Waals surface area contributed by atoms with Gasteiger partial charge in [0.25, 0.3) is 0 Å². The first-order chi connectivity index (χ1) is 13.2. The van der Waals surface area contributed by atoms with Gasteiger partial charge in [0.15, 0.2) is 0 Å². The Morgan fingerprint density at radius 3 is 2.78 bits per heavy atom. The highest BCUT2D eigenvalue weighted by molar-refractivity contribution is 5.85. The Hall–Kier alpha value is -2.92. The van der Waals surface area contributed by atoms with E-state index in [-0.39, 0.29) is 0 Å². The van der Waals surface area contributed by atoms with Gasteiger partial charge in [-0.1, -0.05) is 42.8 Å². The first-order valence-corrected chi connectivity index (χ1v) is 9.38. The van der Waals surface area contributed by atoms with Crippen molar-refractivity contribution in [1.29, 1.82) is 0 Å². The molecule has 27 heavy (non-hydrogen) atoms. The van der Waals surface area contributed by atoms with Gasteiger partial charge in [-0.2, -0.15) is 0 Å². The van der Waals surface area contributed by atoms with E-state index in [0.717, 1.165) is 48.0 Å². The molecule has 2 aromatic carbocycles. The number of benzene rings is 2. The molecule has 0 aliphatic carbocycles. The van der Waals surface area contributed by atoms with Crippen LogP contribution in [0.15, 0.2) is 54.6 Å². The Bertz CT molecular complexity index is 926. The molecule has 5 nitrogen and oxygen atoms in total. The van der Waals surface area contributed by atoms with Crippen molar-refractivity contribution < 1.29 is 9.90 Å². The van der Waals surface area contributed by atoms with Crippen LogP contribution in [0.25, 0.3) is 17.1 Å². The van der Waals surface area contributed by atoms with Crippen molar-refractivity contribution >= 4 is 23.1 Å². The second-order valence-corrected chi connectivity index (χ2v) is 7.03. The van der Waals surface area contributed by atoms with Crippen LogP contribution in [-0.4, -0.2) is 32.5 Å². The minimum Gasteiger partial charge on any atom is -0.478 e. The predicted octanol–water partition coefficient (Wildman–Crippen LogP) is 4.39. The molecule has 0 amide bonds. The van der Waals surface area contributed by atoms with E-state index in [0.29, 0.717) is 6.04 Å². The molecule has 0 saturated carbocycles. The van der Waals surface area contributed by atoms with Crippen LogP contribution in [0.4, 0.5) is 0 Å². The zero-order chi connectivity index (χ0) is 18.6. The molecule has 0 spiro atoms. The summed E-state index contributed by atoms with van der Waals surface area (Å²) in [5.74, 6) is 0.123. The Labute approximate surface area is 158 Å². The largest absolute Gasteiger partial charge is 0.478 e. The quantitative estimate of drug-likeness (QED) is 0.662. The Balaban J connectivity index is 1.51. The predicted molar refractivity (Wildman–Crippen MR) is 106 cm³/mol. The van der Waals surface area contributed by atoms with E-state index in [4.69, 9.17) is 10.1 Å².